The van der Waals surface area contributed by atoms with Crippen LogP contribution in [0.2, 0.25) is 0 Å². The quantitative estimate of drug-likeness (QED) is 0.305. The maximum Gasteiger partial charge on any atom is 0.284 e. The maximum atomic E-state index is 13.7. The Hall–Kier alpha value is -3.36. The van der Waals surface area contributed by atoms with Gasteiger partial charge in [0.05, 0.1) is 40.7 Å². The highest BCUT2D eigenvalue weighted by atomic mass is 32.2. The van der Waals surface area contributed by atoms with Crippen LogP contribution in [0.4, 0.5) is 5.69 Å². The van der Waals surface area contributed by atoms with E-state index in [9.17, 15) is 23.1 Å². The van der Waals surface area contributed by atoms with E-state index < -0.39 is 28.1 Å². The second-order valence-electron chi connectivity index (χ2n) is 9.96. The van der Waals surface area contributed by atoms with Crippen molar-refractivity contribution in [2.24, 2.45) is 5.92 Å². The van der Waals surface area contributed by atoms with Crippen molar-refractivity contribution < 1.29 is 27.9 Å². The fourth-order valence-corrected chi connectivity index (χ4v) is 7.87. The van der Waals surface area contributed by atoms with Crippen LogP contribution in [0.15, 0.2) is 64.2 Å². The van der Waals surface area contributed by atoms with Crippen molar-refractivity contribution in [1.29, 1.82) is 0 Å². The molecule has 4 aromatic rings. The van der Waals surface area contributed by atoms with Crippen LogP contribution in [0.3, 0.4) is 0 Å². The summed E-state index contributed by atoms with van der Waals surface area (Å²) in [5.74, 6) is -1.00. The van der Waals surface area contributed by atoms with Gasteiger partial charge < -0.3 is 20.1 Å². The van der Waals surface area contributed by atoms with Crippen molar-refractivity contribution >= 4 is 60.4 Å². The molecule has 0 aliphatic carbocycles. The molecule has 0 saturated heterocycles. The summed E-state index contributed by atoms with van der Waals surface area (Å²) < 4.78 is 35.2. The first-order chi connectivity index (χ1) is 19.6. The van der Waals surface area contributed by atoms with Crippen LogP contribution >= 0.6 is 22.7 Å². The molecule has 216 valence electrons. The van der Waals surface area contributed by atoms with Crippen LogP contribution in [0.1, 0.15) is 34.0 Å². The molecule has 5 rings (SSSR count). The van der Waals surface area contributed by atoms with Gasteiger partial charge in [0.1, 0.15) is 10.3 Å². The fraction of sp³-hybridized carbons (Fsp3) is 0.321. The molecule has 0 radical (unpaired) electrons. The predicted molar refractivity (Wildman–Crippen MR) is 159 cm³/mol. The largest absolute Gasteiger partial charge is 0.486 e. The predicted octanol–water partition coefficient (Wildman–Crippen LogP) is 4.15. The molecule has 0 bridgehead atoms. The number of para-hydroxylation sites is 2. The number of ether oxygens (including phenoxy) is 1. The lowest BCUT2D eigenvalue weighted by molar-refractivity contribution is 0.0388. The van der Waals surface area contributed by atoms with Gasteiger partial charge in [-0.15, -0.1) is 22.7 Å². The van der Waals surface area contributed by atoms with Gasteiger partial charge in [-0.05, 0) is 42.6 Å². The number of fused-ring (bicyclic) bond motifs is 2. The number of carbonyl (C=O) groups is 2. The van der Waals surface area contributed by atoms with Crippen LogP contribution in [-0.2, 0) is 10.0 Å². The van der Waals surface area contributed by atoms with Crippen LogP contribution in [0.25, 0.3) is 10.2 Å². The molecule has 0 fully saturated rings. The number of thiophene rings is 1. The Bertz CT molecular complexity index is 1640. The van der Waals surface area contributed by atoms with Crippen LogP contribution in [-0.4, -0.2) is 78.4 Å². The molecule has 2 aromatic carbocycles. The van der Waals surface area contributed by atoms with Gasteiger partial charge in [-0.25, -0.2) is 13.4 Å². The molecule has 1 aliphatic heterocycles. The van der Waals surface area contributed by atoms with Crippen LogP contribution in [0, 0.1) is 5.92 Å². The lowest BCUT2D eigenvalue weighted by Gasteiger charge is -2.38. The number of anilines is 1. The van der Waals surface area contributed by atoms with E-state index >= 15 is 0 Å². The lowest BCUT2D eigenvalue weighted by atomic mass is 9.99. The number of rotatable bonds is 8. The summed E-state index contributed by atoms with van der Waals surface area (Å²) in [5.41, 5.74) is 1.17. The Morgan fingerprint density at radius 1 is 1.22 bits per heavy atom. The molecule has 2 aromatic heterocycles. The summed E-state index contributed by atoms with van der Waals surface area (Å²) in [6.45, 7) is 3.60. The molecule has 0 spiro atoms. The van der Waals surface area contributed by atoms with Crippen molar-refractivity contribution in [3.63, 3.8) is 0 Å². The van der Waals surface area contributed by atoms with E-state index in [1.807, 2.05) is 31.2 Å². The first-order valence-electron chi connectivity index (χ1n) is 13.0. The summed E-state index contributed by atoms with van der Waals surface area (Å²) in [7, 11) is -2.27. The van der Waals surface area contributed by atoms with Crippen molar-refractivity contribution in [2.75, 3.05) is 32.1 Å². The number of likely N-dealkylation sites (N-methyl/N-ethyl adjacent to an activating group) is 1. The zero-order valence-corrected chi connectivity index (χ0v) is 25.1. The minimum atomic E-state index is -3.77. The zero-order valence-electron chi connectivity index (χ0n) is 22.7. The lowest BCUT2D eigenvalue weighted by Crippen LogP contribution is -2.50. The Kier molecular flexibility index (Phi) is 8.43. The average molecular weight is 615 g/mol. The van der Waals surface area contributed by atoms with Crippen molar-refractivity contribution in [3.8, 4) is 5.75 Å². The topological polar surface area (TPSA) is 129 Å². The van der Waals surface area contributed by atoms with E-state index in [-0.39, 0.29) is 57.7 Å². The number of benzene rings is 2. The van der Waals surface area contributed by atoms with Gasteiger partial charge in [-0.3, -0.25) is 9.59 Å². The van der Waals surface area contributed by atoms with Gasteiger partial charge in [0.15, 0.2) is 10.8 Å². The number of aromatic nitrogens is 1. The highest BCUT2D eigenvalue weighted by Crippen LogP contribution is 2.36. The number of thiazole rings is 1. The minimum Gasteiger partial charge on any atom is -0.486 e. The number of amides is 2. The molecule has 41 heavy (non-hydrogen) atoms. The molecular formula is C28H30N4O6S3. The third-order valence-electron chi connectivity index (χ3n) is 7.02. The zero-order chi connectivity index (χ0) is 29.3. The number of sulfonamides is 1. The summed E-state index contributed by atoms with van der Waals surface area (Å²) in [4.78, 5) is 33.0. The monoisotopic (exact) mass is 614 g/mol. The first kappa shape index (κ1) is 29.1. The summed E-state index contributed by atoms with van der Waals surface area (Å²) in [6.07, 6.45) is -0.685. The highest BCUT2D eigenvalue weighted by Gasteiger charge is 2.36. The summed E-state index contributed by atoms with van der Waals surface area (Å²) in [6, 6.07) is 15.0. The molecule has 2 N–H and O–H groups in total. The Balaban J connectivity index is 1.51. The minimum absolute atomic E-state index is 0.00345. The molecule has 13 heteroatoms. The maximum absolute atomic E-state index is 13.7. The van der Waals surface area contributed by atoms with E-state index in [1.165, 1.54) is 22.7 Å². The third-order valence-corrected chi connectivity index (χ3v) is 11.3. The highest BCUT2D eigenvalue weighted by molar-refractivity contribution is 7.91. The average Bonchev–Trinajstić information content (AvgIpc) is 3.66. The summed E-state index contributed by atoms with van der Waals surface area (Å²) in [5, 5.41) is 14.7. The molecule has 0 unspecified atom stereocenters. The second-order valence-corrected chi connectivity index (χ2v) is 14.2. The SMILES string of the molecule is C[C@@H]1CN([C@@H](C)CO)C(=O)c2cccc(NC(=O)c3nc4ccccc4s3)c2O[C@H]1CN(C)S(=O)(=O)c1cccs1. The number of carbonyl (C=O) groups excluding carboxylic acids is 2. The molecule has 10 nitrogen and oxygen atoms in total. The molecular weight excluding hydrogens is 585 g/mol. The van der Waals surface area contributed by atoms with E-state index in [0.717, 1.165) is 16.0 Å². The first-order valence-corrected chi connectivity index (χ1v) is 16.1. The van der Waals surface area contributed by atoms with Crippen molar-refractivity contribution in [1.82, 2.24) is 14.2 Å². The number of nitrogens with one attached hydrogen (secondary N) is 1. The van der Waals surface area contributed by atoms with Crippen molar-refractivity contribution in [2.45, 2.75) is 30.2 Å². The molecule has 2 amide bonds. The van der Waals surface area contributed by atoms with Crippen molar-refractivity contribution in [3.05, 3.63) is 70.5 Å². The third kappa shape index (κ3) is 5.86. The Labute approximate surface area is 246 Å². The van der Waals surface area contributed by atoms with Gasteiger partial charge >= 0.3 is 0 Å². The number of hydrogen-bond donors (Lipinski definition) is 2. The number of hydrogen-bond acceptors (Lipinski definition) is 9. The molecule has 3 heterocycles. The molecule has 1 aliphatic rings. The smallest absolute Gasteiger partial charge is 0.284 e. The van der Waals surface area contributed by atoms with Gasteiger partial charge in [0.25, 0.3) is 21.8 Å². The van der Waals surface area contributed by atoms with E-state index in [4.69, 9.17) is 4.74 Å². The van der Waals surface area contributed by atoms with Crippen LogP contribution in [0.5, 0.6) is 5.75 Å². The Morgan fingerprint density at radius 3 is 2.71 bits per heavy atom. The van der Waals surface area contributed by atoms with Crippen LogP contribution < -0.4 is 10.1 Å². The number of nitrogens with zero attached hydrogens (tertiary/aromatic N) is 3. The van der Waals surface area contributed by atoms with E-state index in [2.05, 4.69) is 10.3 Å². The second kappa shape index (κ2) is 11.9. The molecule has 3 atom stereocenters. The normalized spacial score (nSPS) is 18.5. The summed E-state index contributed by atoms with van der Waals surface area (Å²) >= 11 is 2.38. The Morgan fingerprint density at radius 2 is 2.00 bits per heavy atom. The number of aliphatic hydroxyl groups is 1. The van der Waals surface area contributed by atoms with E-state index in [0.29, 0.717) is 5.52 Å². The van der Waals surface area contributed by atoms with E-state index in [1.54, 1.807) is 47.5 Å². The van der Waals surface area contributed by atoms with Gasteiger partial charge in [-0.1, -0.05) is 31.2 Å². The van der Waals surface area contributed by atoms with Gasteiger partial charge in [-0.2, -0.15) is 4.31 Å². The fourth-order valence-electron chi connectivity index (χ4n) is 4.62. The van der Waals surface area contributed by atoms with Gasteiger partial charge in [0.2, 0.25) is 0 Å². The number of aliphatic hydroxyl groups excluding tert-OH is 1. The van der Waals surface area contributed by atoms with Gasteiger partial charge in [0, 0.05) is 19.5 Å². The standard InChI is InChI=1S/C28H30N4O6S3/c1-17-14-32(18(2)16-33)28(35)19-8-6-10-21(29-26(34)27-30-20-9-4-5-11-23(20)40-27)25(19)38-22(17)15-31(3)41(36,37)24-12-7-13-39-24/h4-13,17-18,22,33H,14-16H2,1-3H3,(H,29,34)/t17-,18+,22+/m1/s1. The molecule has 0 saturated carbocycles.